The topological polar surface area (TPSA) is 37.3 Å². The maximum atomic E-state index is 12.1. The van der Waals surface area contributed by atoms with Crippen molar-refractivity contribution in [1.29, 1.82) is 0 Å². The quantitative estimate of drug-likeness (QED) is 0.730. The second-order valence-corrected chi connectivity index (χ2v) is 9.15. The molecule has 2 unspecified atom stereocenters. The summed E-state index contributed by atoms with van der Waals surface area (Å²) in [5.41, 5.74) is 1.85. The molecule has 22 heavy (non-hydrogen) atoms. The van der Waals surface area contributed by atoms with Crippen LogP contribution in [-0.4, -0.2) is 17.0 Å². The van der Waals surface area contributed by atoms with Gasteiger partial charge in [-0.1, -0.05) is 26.3 Å². The van der Waals surface area contributed by atoms with E-state index in [1.807, 2.05) is 6.08 Å². The Morgan fingerprint density at radius 3 is 2.68 bits per heavy atom. The van der Waals surface area contributed by atoms with Crippen molar-refractivity contribution in [2.45, 2.75) is 71.8 Å². The molecule has 2 nitrogen and oxygen atoms in total. The Morgan fingerprint density at radius 1 is 1.14 bits per heavy atom. The minimum atomic E-state index is -0.0879. The number of aliphatic hydroxyl groups is 1. The van der Waals surface area contributed by atoms with Crippen molar-refractivity contribution >= 4 is 5.78 Å². The van der Waals surface area contributed by atoms with Gasteiger partial charge in [0.25, 0.3) is 0 Å². The molecule has 0 bridgehead atoms. The first kappa shape index (κ1) is 14.9. The molecule has 0 spiro atoms. The van der Waals surface area contributed by atoms with Crippen LogP contribution in [0.5, 0.6) is 0 Å². The standard InChI is InChI=1S/C20H30O2/c1-12-11-20(3)13(10-17(12)21)4-5-14-15-6-7-18(22)19(15,2)9-8-16(14)20/h10,12,14-16,18,22H,4-9,11H2,1-3H3/t12?,14-,15-,16+,18?,19-,20-/m0/s1. The molecule has 2 heteroatoms. The minimum absolute atomic E-state index is 0.0879. The fourth-order valence-corrected chi connectivity index (χ4v) is 6.87. The molecule has 0 aliphatic heterocycles. The first-order valence-electron chi connectivity index (χ1n) is 9.29. The first-order valence-corrected chi connectivity index (χ1v) is 9.29. The summed E-state index contributed by atoms with van der Waals surface area (Å²) >= 11 is 0. The van der Waals surface area contributed by atoms with Crippen LogP contribution in [0.4, 0.5) is 0 Å². The van der Waals surface area contributed by atoms with Crippen LogP contribution in [0.15, 0.2) is 11.6 Å². The molecule has 4 aliphatic carbocycles. The van der Waals surface area contributed by atoms with Crippen LogP contribution in [-0.2, 0) is 4.79 Å². The monoisotopic (exact) mass is 302 g/mol. The minimum Gasteiger partial charge on any atom is -0.393 e. The van der Waals surface area contributed by atoms with E-state index in [1.54, 1.807) is 0 Å². The van der Waals surface area contributed by atoms with Crippen molar-refractivity contribution < 1.29 is 9.90 Å². The molecular weight excluding hydrogens is 272 g/mol. The lowest BCUT2D eigenvalue weighted by Gasteiger charge is -2.58. The van der Waals surface area contributed by atoms with Crippen molar-refractivity contribution in [3.63, 3.8) is 0 Å². The lowest BCUT2D eigenvalue weighted by Crippen LogP contribution is -2.52. The Labute approximate surface area is 134 Å². The lowest BCUT2D eigenvalue weighted by atomic mass is 9.47. The van der Waals surface area contributed by atoms with Gasteiger partial charge in [0.15, 0.2) is 5.78 Å². The van der Waals surface area contributed by atoms with Crippen LogP contribution in [0, 0.1) is 34.5 Å². The molecule has 1 N–H and O–H groups in total. The summed E-state index contributed by atoms with van der Waals surface area (Å²) in [6, 6.07) is 0. The van der Waals surface area contributed by atoms with Crippen molar-refractivity contribution in [3.8, 4) is 0 Å². The second kappa shape index (κ2) is 4.69. The van der Waals surface area contributed by atoms with Crippen LogP contribution in [0.2, 0.25) is 0 Å². The molecule has 0 aromatic heterocycles. The summed E-state index contributed by atoms with van der Waals surface area (Å²) in [6.07, 6.45) is 9.93. The maximum absolute atomic E-state index is 12.1. The molecule has 0 aromatic rings. The summed E-state index contributed by atoms with van der Waals surface area (Å²) in [4.78, 5) is 12.1. The van der Waals surface area contributed by atoms with E-state index < -0.39 is 0 Å². The van der Waals surface area contributed by atoms with Crippen LogP contribution >= 0.6 is 0 Å². The Kier molecular flexibility index (Phi) is 3.18. The number of hydrogen-bond acceptors (Lipinski definition) is 2. The Hall–Kier alpha value is -0.630. The van der Waals surface area contributed by atoms with E-state index in [0.29, 0.717) is 11.7 Å². The van der Waals surface area contributed by atoms with Gasteiger partial charge in [-0.25, -0.2) is 0 Å². The van der Waals surface area contributed by atoms with Gasteiger partial charge in [-0.05, 0) is 79.6 Å². The molecule has 4 rings (SSSR count). The van der Waals surface area contributed by atoms with Crippen molar-refractivity contribution in [2.24, 2.45) is 34.5 Å². The summed E-state index contributed by atoms with van der Waals surface area (Å²) in [6.45, 7) is 6.88. The third kappa shape index (κ3) is 1.79. The summed E-state index contributed by atoms with van der Waals surface area (Å²) in [5.74, 6) is 2.73. The third-order valence-corrected chi connectivity index (χ3v) is 8.22. The summed E-state index contributed by atoms with van der Waals surface area (Å²) < 4.78 is 0. The predicted molar refractivity (Wildman–Crippen MR) is 87.3 cm³/mol. The lowest BCUT2D eigenvalue weighted by molar-refractivity contribution is -0.122. The van der Waals surface area contributed by atoms with Crippen molar-refractivity contribution in [1.82, 2.24) is 0 Å². The van der Waals surface area contributed by atoms with Gasteiger partial charge < -0.3 is 5.11 Å². The second-order valence-electron chi connectivity index (χ2n) is 9.15. The number of carbonyl (C=O) groups excluding carboxylic acids is 1. The van der Waals surface area contributed by atoms with E-state index in [1.165, 1.54) is 31.3 Å². The average molecular weight is 302 g/mol. The molecule has 122 valence electrons. The molecule has 0 saturated heterocycles. The third-order valence-electron chi connectivity index (χ3n) is 8.22. The van der Waals surface area contributed by atoms with E-state index in [9.17, 15) is 9.90 Å². The number of hydrogen-bond donors (Lipinski definition) is 1. The highest BCUT2D eigenvalue weighted by Gasteiger charge is 2.59. The Morgan fingerprint density at radius 2 is 1.91 bits per heavy atom. The van der Waals surface area contributed by atoms with Gasteiger partial charge in [0, 0.05) is 5.92 Å². The van der Waals surface area contributed by atoms with Gasteiger partial charge in [-0.3, -0.25) is 4.79 Å². The van der Waals surface area contributed by atoms with E-state index >= 15 is 0 Å². The number of fused-ring (bicyclic) bond motifs is 5. The number of aliphatic hydroxyl groups excluding tert-OH is 1. The highest BCUT2D eigenvalue weighted by Crippen LogP contribution is 2.65. The van der Waals surface area contributed by atoms with E-state index in [2.05, 4.69) is 20.8 Å². The van der Waals surface area contributed by atoms with Gasteiger partial charge >= 0.3 is 0 Å². The predicted octanol–water partition coefficient (Wildman–Crippen LogP) is 4.13. The molecule has 3 saturated carbocycles. The molecule has 0 heterocycles. The largest absolute Gasteiger partial charge is 0.393 e. The van der Waals surface area contributed by atoms with Gasteiger partial charge in [0.2, 0.25) is 0 Å². The van der Waals surface area contributed by atoms with Gasteiger partial charge in [0.1, 0.15) is 0 Å². The van der Waals surface area contributed by atoms with E-state index in [4.69, 9.17) is 0 Å². The zero-order valence-corrected chi connectivity index (χ0v) is 14.3. The first-order chi connectivity index (χ1) is 10.4. The number of rotatable bonds is 0. The van der Waals surface area contributed by atoms with Crippen LogP contribution in [0.3, 0.4) is 0 Å². The summed E-state index contributed by atoms with van der Waals surface area (Å²) in [7, 11) is 0. The number of ketones is 1. The highest BCUT2D eigenvalue weighted by atomic mass is 16.3. The summed E-state index contributed by atoms with van der Waals surface area (Å²) in [5, 5.41) is 10.5. The molecule has 7 atom stereocenters. The Balaban J connectivity index is 1.70. The number of carbonyl (C=O) groups is 1. The number of allylic oxidation sites excluding steroid dienone is 1. The SMILES string of the molecule is CC1C[C@@]2(C)C(=CC1=O)CC[C@@H]1[C@H]2CC[C@]2(C)C(O)CC[C@@H]12. The molecule has 0 radical (unpaired) electrons. The molecule has 4 aliphatic rings. The fourth-order valence-electron chi connectivity index (χ4n) is 6.87. The van der Waals surface area contributed by atoms with Crippen molar-refractivity contribution in [3.05, 3.63) is 11.6 Å². The molecule has 0 amide bonds. The molecular formula is C20H30O2. The van der Waals surface area contributed by atoms with Crippen LogP contribution in [0.25, 0.3) is 0 Å². The highest BCUT2D eigenvalue weighted by molar-refractivity contribution is 5.93. The van der Waals surface area contributed by atoms with Gasteiger partial charge in [-0.15, -0.1) is 0 Å². The smallest absolute Gasteiger partial charge is 0.158 e. The maximum Gasteiger partial charge on any atom is 0.158 e. The van der Waals surface area contributed by atoms with E-state index in [-0.39, 0.29) is 22.9 Å². The Bertz CT molecular complexity index is 536. The molecule has 3 fully saturated rings. The zero-order chi connectivity index (χ0) is 15.7. The van der Waals surface area contributed by atoms with Crippen LogP contribution in [0.1, 0.15) is 65.7 Å². The van der Waals surface area contributed by atoms with Crippen molar-refractivity contribution in [2.75, 3.05) is 0 Å². The fraction of sp³-hybridized carbons (Fsp3) is 0.850. The van der Waals surface area contributed by atoms with Gasteiger partial charge in [0.05, 0.1) is 6.10 Å². The van der Waals surface area contributed by atoms with Crippen LogP contribution < -0.4 is 0 Å². The average Bonchev–Trinajstić information content (AvgIpc) is 2.77. The molecule has 0 aromatic carbocycles. The van der Waals surface area contributed by atoms with Gasteiger partial charge in [-0.2, -0.15) is 0 Å². The zero-order valence-electron chi connectivity index (χ0n) is 14.3. The van der Waals surface area contributed by atoms with E-state index in [0.717, 1.165) is 31.1 Å². The normalized spacial score (nSPS) is 54.3.